The van der Waals surface area contributed by atoms with E-state index in [-0.39, 0.29) is 12.8 Å². The van der Waals surface area contributed by atoms with Gasteiger partial charge in [0.1, 0.15) is 17.9 Å². The van der Waals surface area contributed by atoms with Crippen LogP contribution in [0.15, 0.2) is 48.5 Å². The van der Waals surface area contributed by atoms with E-state index in [1.165, 1.54) is 31.2 Å². The van der Waals surface area contributed by atoms with E-state index in [1.54, 1.807) is 0 Å². The molecule has 0 heterocycles. The van der Waals surface area contributed by atoms with Gasteiger partial charge in [-0.2, -0.15) is 0 Å². The van der Waals surface area contributed by atoms with Gasteiger partial charge in [-0.3, -0.25) is 14.4 Å². The summed E-state index contributed by atoms with van der Waals surface area (Å²) in [6, 6.07) is 11.3. The van der Waals surface area contributed by atoms with Crippen LogP contribution in [0.25, 0.3) is 0 Å². The van der Waals surface area contributed by atoms with Gasteiger partial charge in [-0.25, -0.2) is 4.39 Å². The summed E-state index contributed by atoms with van der Waals surface area (Å²) in [7, 11) is 0. The van der Waals surface area contributed by atoms with Crippen molar-refractivity contribution in [2.45, 2.75) is 31.8 Å². The molecule has 0 fully saturated rings. The van der Waals surface area contributed by atoms with E-state index in [4.69, 9.17) is 5.73 Å². The maximum atomic E-state index is 13.1. The first-order valence-electron chi connectivity index (χ1n) is 8.60. The Kier molecular flexibility index (Phi) is 7.91. The SMILES string of the molecule is CC(=O)N[C@H](Cc1ccc(F)cc1)C(=O)N[C@H](Cc1cccc(I)c1)C(N)=O. The first-order valence-corrected chi connectivity index (χ1v) is 9.68. The molecule has 0 saturated carbocycles. The average molecular weight is 497 g/mol. The molecule has 0 saturated heterocycles. The molecule has 2 rings (SSSR count). The van der Waals surface area contributed by atoms with Crippen LogP contribution in [0, 0.1) is 9.39 Å². The van der Waals surface area contributed by atoms with Crippen LogP contribution in [-0.4, -0.2) is 29.8 Å². The smallest absolute Gasteiger partial charge is 0.243 e. The molecule has 0 aliphatic rings. The number of benzene rings is 2. The number of carbonyl (C=O) groups is 3. The number of rotatable bonds is 8. The highest BCUT2D eigenvalue weighted by atomic mass is 127. The van der Waals surface area contributed by atoms with Gasteiger partial charge in [0, 0.05) is 23.3 Å². The molecule has 2 aromatic carbocycles. The number of nitrogens with one attached hydrogen (secondary N) is 2. The van der Waals surface area contributed by atoms with Crippen molar-refractivity contribution in [3.8, 4) is 0 Å². The minimum atomic E-state index is -0.921. The molecule has 3 amide bonds. The lowest BCUT2D eigenvalue weighted by molar-refractivity contribution is -0.130. The molecule has 8 heteroatoms. The quantitative estimate of drug-likeness (QED) is 0.484. The summed E-state index contributed by atoms with van der Waals surface area (Å²) in [4.78, 5) is 36.1. The van der Waals surface area contributed by atoms with E-state index in [0.29, 0.717) is 5.56 Å². The van der Waals surface area contributed by atoms with Crippen LogP contribution in [0.1, 0.15) is 18.1 Å². The summed E-state index contributed by atoms with van der Waals surface area (Å²) in [5, 5.41) is 5.18. The molecule has 148 valence electrons. The fourth-order valence-electron chi connectivity index (χ4n) is 2.71. The Hall–Kier alpha value is -2.49. The lowest BCUT2D eigenvalue weighted by Crippen LogP contribution is -2.54. The molecule has 2 atom stereocenters. The number of carbonyl (C=O) groups excluding carboxylic acids is 3. The monoisotopic (exact) mass is 497 g/mol. The van der Waals surface area contributed by atoms with Gasteiger partial charge in [-0.1, -0.05) is 24.3 Å². The van der Waals surface area contributed by atoms with E-state index in [0.717, 1.165) is 9.13 Å². The highest BCUT2D eigenvalue weighted by Crippen LogP contribution is 2.11. The van der Waals surface area contributed by atoms with Crippen LogP contribution in [0.4, 0.5) is 4.39 Å². The second-order valence-corrected chi connectivity index (χ2v) is 7.63. The normalized spacial score (nSPS) is 12.7. The zero-order valence-electron chi connectivity index (χ0n) is 15.2. The van der Waals surface area contributed by atoms with E-state index in [1.807, 2.05) is 24.3 Å². The molecule has 6 nitrogen and oxygen atoms in total. The topological polar surface area (TPSA) is 101 Å². The van der Waals surface area contributed by atoms with Crippen LogP contribution in [0.5, 0.6) is 0 Å². The van der Waals surface area contributed by atoms with Crippen molar-refractivity contribution < 1.29 is 18.8 Å². The number of hydrogen-bond acceptors (Lipinski definition) is 3. The van der Waals surface area contributed by atoms with Crippen LogP contribution < -0.4 is 16.4 Å². The molecule has 0 aromatic heterocycles. The van der Waals surface area contributed by atoms with Crippen molar-refractivity contribution in [2.24, 2.45) is 5.73 Å². The number of primary amides is 1. The van der Waals surface area contributed by atoms with Gasteiger partial charge in [0.2, 0.25) is 17.7 Å². The lowest BCUT2D eigenvalue weighted by Gasteiger charge is -2.22. The minimum Gasteiger partial charge on any atom is -0.368 e. The van der Waals surface area contributed by atoms with E-state index in [9.17, 15) is 18.8 Å². The first kappa shape index (κ1) is 21.8. The number of hydrogen-bond donors (Lipinski definition) is 3. The van der Waals surface area contributed by atoms with E-state index < -0.39 is 35.6 Å². The molecule has 0 aliphatic heterocycles. The molecular formula is C20H21FIN3O3. The van der Waals surface area contributed by atoms with E-state index in [2.05, 4.69) is 33.2 Å². The third kappa shape index (κ3) is 6.91. The van der Waals surface area contributed by atoms with Gasteiger partial charge in [-0.05, 0) is 58.0 Å². The van der Waals surface area contributed by atoms with E-state index >= 15 is 0 Å². The average Bonchev–Trinajstić information content (AvgIpc) is 2.62. The molecule has 0 aliphatic carbocycles. The van der Waals surface area contributed by atoms with Crippen molar-refractivity contribution in [1.29, 1.82) is 0 Å². The summed E-state index contributed by atoms with van der Waals surface area (Å²) in [5.74, 6) is -1.99. The molecular weight excluding hydrogens is 476 g/mol. The Morgan fingerprint density at radius 3 is 2.21 bits per heavy atom. The Labute approximate surface area is 176 Å². The van der Waals surface area contributed by atoms with Gasteiger partial charge in [0.25, 0.3) is 0 Å². The van der Waals surface area contributed by atoms with Gasteiger partial charge in [-0.15, -0.1) is 0 Å². The lowest BCUT2D eigenvalue weighted by atomic mass is 10.0. The maximum absolute atomic E-state index is 13.1. The van der Waals surface area contributed by atoms with Crippen LogP contribution in [-0.2, 0) is 27.2 Å². The number of nitrogens with two attached hydrogens (primary N) is 1. The van der Waals surface area contributed by atoms with Crippen molar-refractivity contribution in [1.82, 2.24) is 10.6 Å². The fraction of sp³-hybridized carbons (Fsp3) is 0.250. The molecule has 0 bridgehead atoms. The van der Waals surface area contributed by atoms with Gasteiger partial charge >= 0.3 is 0 Å². The van der Waals surface area contributed by atoms with Crippen molar-refractivity contribution >= 4 is 40.3 Å². The van der Waals surface area contributed by atoms with Gasteiger partial charge in [0.15, 0.2) is 0 Å². The first-order chi connectivity index (χ1) is 13.2. The number of halogens is 2. The van der Waals surface area contributed by atoms with Crippen molar-refractivity contribution in [3.05, 3.63) is 69.0 Å². The minimum absolute atomic E-state index is 0.153. The molecule has 2 aromatic rings. The highest BCUT2D eigenvalue weighted by molar-refractivity contribution is 14.1. The Morgan fingerprint density at radius 2 is 1.64 bits per heavy atom. The summed E-state index contributed by atoms with van der Waals surface area (Å²) < 4.78 is 14.1. The maximum Gasteiger partial charge on any atom is 0.243 e. The molecule has 0 unspecified atom stereocenters. The van der Waals surface area contributed by atoms with Crippen LogP contribution >= 0.6 is 22.6 Å². The third-order valence-corrected chi connectivity index (χ3v) is 4.71. The summed E-state index contributed by atoms with van der Waals surface area (Å²) in [6.45, 7) is 1.29. The van der Waals surface area contributed by atoms with Crippen molar-refractivity contribution in [2.75, 3.05) is 0 Å². The van der Waals surface area contributed by atoms with Gasteiger partial charge in [0.05, 0.1) is 0 Å². The molecule has 0 spiro atoms. The number of amides is 3. The fourth-order valence-corrected chi connectivity index (χ4v) is 3.31. The zero-order valence-corrected chi connectivity index (χ0v) is 17.4. The molecule has 0 radical (unpaired) electrons. The summed E-state index contributed by atoms with van der Waals surface area (Å²) in [6.07, 6.45) is 0.391. The molecule has 28 heavy (non-hydrogen) atoms. The van der Waals surface area contributed by atoms with Crippen LogP contribution in [0.2, 0.25) is 0 Å². The Morgan fingerprint density at radius 1 is 1.00 bits per heavy atom. The van der Waals surface area contributed by atoms with Crippen molar-refractivity contribution in [3.63, 3.8) is 0 Å². The Balaban J connectivity index is 2.12. The Bertz CT molecular complexity index is 858. The predicted octanol–water partition coefficient (Wildman–Crippen LogP) is 1.69. The molecule has 4 N–H and O–H groups in total. The predicted molar refractivity (Wildman–Crippen MR) is 112 cm³/mol. The second-order valence-electron chi connectivity index (χ2n) is 6.38. The van der Waals surface area contributed by atoms with Crippen LogP contribution in [0.3, 0.4) is 0 Å². The standard InChI is InChI=1S/C20H21FIN3O3/c1-12(26)24-18(10-13-5-7-15(21)8-6-13)20(28)25-17(19(23)27)11-14-3-2-4-16(22)9-14/h2-9,17-18H,10-11H2,1H3,(H2,23,27)(H,24,26)(H,25,28)/t17-,18-/m1/s1. The highest BCUT2D eigenvalue weighted by Gasteiger charge is 2.25. The summed E-state index contributed by atoms with van der Waals surface area (Å²) >= 11 is 2.16. The second kappa shape index (κ2) is 10.2. The third-order valence-electron chi connectivity index (χ3n) is 4.04. The summed E-state index contributed by atoms with van der Waals surface area (Å²) in [5.41, 5.74) is 6.98. The zero-order chi connectivity index (χ0) is 20.7. The largest absolute Gasteiger partial charge is 0.368 e. The van der Waals surface area contributed by atoms with Gasteiger partial charge < -0.3 is 16.4 Å².